The zero-order valence-electron chi connectivity index (χ0n) is 18.4. The maximum atomic E-state index is 12.8. The molecule has 1 aliphatic heterocycles. The van der Waals surface area contributed by atoms with Gasteiger partial charge in [-0.25, -0.2) is 9.48 Å². The molecule has 0 saturated carbocycles. The molecule has 1 fully saturated rings. The van der Waals surface area contributed by atoms with Gasteiger partial charge in [0.1, 0.15) is 0 Å². The van der Waals surface area contributed by atoms with Crippen LogP contribution >= 0.6 is 0 Å². The van der Waals surface area contributed by atoms with Gasteiger partial charge in [0.05, 0.1) is 11.4 Å². The maximum Gasteiger partial charge on any atom is 0.319 e. The van der Waals surface area contributed by atoms with Crippen LogP contribution in [0.1, 0.15) is 18.4 Å². The lowest BCUT2D eigenvalue weighted by Gasteiger charge is -2.33. The fourth-order valence-electron chi connectivity index (χ4n) is 3.95. The van der Waals surface area contributed by atoms with Gasteiger partial charge in [-0.2, -0.15) is 5.10 Å². The van der Waals surface area contributed by atoms with Crippen molar-refractivity contribution in [2.24, 2.45) is 5.92 Å². The fourth-order valence-corrected chi connectivity index (χ4v) is 3.95. The molecule has 166 valence electrons. The van der Waals surface area contributed by atoms with Crippen LogP contribution in [0.2, 0.25) is 0 Å². The fraction of sp³-hybridized carbons (Fsp3) is 0.333. The molecule has 1 N–H and O–H groups in total. The van der Waals surface area contributed by atoms with Gasteiger partial charge in [-0.1, -0.05) is 18.2 Å². The number of likely N-dealkylation sites (tertiary alicyclic amines) is 1. The van der Waals surface area contributed by atoms with Gasteiger partial charge in [0.15, 0.2) is 0 Å². The van der Waals surface area contributed by atoms with E-state index in [0.29, 0.717) is 32.5 Å². The van der Waals surface area contributed by atoms with Gasteiger partial charge in [0, 0.05) is 69.4 Å². The molecule has 3 aromatic rings. The molecular formula is C24H28N6O2. The lowest BCUT2D eigenvalue weighted by atomic mass is 9.96. The van der Waals surface area contributed by atoms with Crippen LogP contribution in [0.3, 0.4) is 0 Å². The molecule has 0 radical (unpaired) electrons. The van der Waals surface area contributed by atoms with E-state index >= 15 is 0 Å². The number of rotatable bonds is 5. The van der Waals surface area contributed by atoms with Crippen LogP contribution in [0.25, 0.3) is 16.9 Å². The Labute approximate surface area is 187 Å². The maximum absolute atomic E-state index is 12.8. The van der Waals surface area contributed by atoms with Gasteiger partial charge >= 0.3 is 6.03 Å². The minimum atomic E-state index is -0.0882. The molecule has 2 aromatic heterocycles. The number of piperidine rings is 1. The second-order valence-corrected chi connectivity index (χ2v) is 8.18. The third kappa shape index (κ3) is 4.80. The van der Waals surface area contributed by atoms with E-state index in [4.69, 9.17) is 5.10 Å². The summed E-state index contributed by atoms with van der Waals surface area (Å²) in [6, 6.07) is 13.7. The molecule has 32 heavy (non-hydrogen) atoms. The van der Waals surface area contributed by atoms with E-state index in [9.17, 15) is 9.59 Å². The summed E-state index contributed by atoms with van der Waals surface area (Å²) in [5.74, 6) is -0.0650. The molecule has 8 nitrogen and oxygen atoms in total. The molecule has 0 atom stereocenters. The number of carbonyl (C=O) groups is 2. The number of amides is 3. The van der Waals surface area contributed by atoms with Gasteiger partial charge < -0.3 is 15.1 Å². The molecule has 1 aromatic carbocycles. The number of para-hydroxylation sites is 1. The van der Waals surface area contributed by atoms with E-state index in [0.717, 1.165) is 22.5 Å². The van der Waals surface area contributed by atoms with E-state index in [1.165, 1.54) is 0 Å². The van der Waals surface area contributed by atoms with E-state index < -0.39 is 0 Å². The number of nitrogens with one attached hydrogen (secondary N) is 1. The molecular weight excluding hydrogens is 404 g/mol. The minimum Gasteiger partial charge on any atom is -0.352 e. The first-order valence-electron chi connectivity index (χ1n) is 10.8. The molecule has 0 unspecified atom stereocenters. The Bertz CT molecular complexity index is 1060. The van der Waals surface area contributed by atoms with Crippen molar-refractivity contribution in [3.8, 4) is 16.9 Å². The highest BCUT2D eigenvalue weighted by atomic mass is 16.2. The minimum absolute atomic E-state index is 0.000762. The highest BCUT2D eigenvalue weighted by Crippen LogP contribution is 2.24. The molecule has 4 rings (SSSR count). The SMILES string of the molecule is CN(C)C(=O)N1CCC(C(=O)NCc2cn(-c3ccccc3)nc2-c2ccncc2)CC1. The zero-order valence-corrected chi connectivity index (χ0v) is 18.4. The smallest absolute Gasteiger partial charge is 0.319 e. The van der Waals surface area contributed by atoms with Gasteiger partial charge in [-0.3, -0.25) is 9.78 Å². The third-order valence-electron chi connectivity index (χ3n) is 5.74. The van der Waals surface area contributed by atoms with Crippen LogP contribution in [-0.2, 0) is 11.3 Å². The molecule has 1 saturated heterocycles. The van der Waals surface area contributed by atoms with Crippen LogP contribution in [0.5, 0.6) is 0 Å². The first-order chi connectivity index (χ1) is 15.5. The number of hydrogen-bond donors (Lipinski definition) is 1. The topological polar surface area (TPSA) is 83.4 Å². The Hall–Kier alpha value is -3.68. The van der Waals surface area contributed by atoms with Gasteiger partial charge in [-0.15, -0.1) is 0 Å². The highest BCUT2D eigenvalue weighted by molar-refractivity contribution is 5.80. The summed E-state index contributed by atoms with van der Waals surface area (Å²) in [6.07, 6.45) is 6.78. The summed E-state index contributed by atoms with van der Waals surface area (Å²) in [6.45, 7) is 1.59. The second kappa shape index (κ2) is 9.64. The summed E-state index contributed by atoms with van der Waals surface area (Å²) in [7, 11) is 3.49. The predicted molar refractivity (Wildman–Crippen MR) is 122 cm³/mol. The number of benzene rings is 1. The summed E-state index contributed by atoms with van der Waals surface area (Å²) < 4.78 is 1.84. The largest absolute Gasteiger partial charge is 0.352 e. The number of hydrogen-bond acceptors (Lipinski definition) is 4. The Morgan fingerprint density at radius 2 is 1.75 bits per heavy atom. The van der Waals surface area contributed by atoms with Crippen LogP contribution < -0.4 is 5.32 Å². The van der Waals surface area contributed by atoms with E-state index in [-0.39, 0.29) is 17.9 Å². The predicted octanol–water partition coefficient (Wildman–Crippen LogP) is 2.94. The number of pyridine rings is 1. The Morgan fingerprint density at radius 3 is 2.41 bits per heavy atom. The van der Waals surface area contributed by atoms with Crippen molar-refractivity contribution in [2.75, 3.05) is 27.2 Å². The number of nitrogens with zero attached hydrogens (tertiary/aromatic N) is 5. The van der Waals surface area contributed by atoms with Crippen molar-refractivity contribution >= 4 is 11.9 Å². The second-order valence-electron chi connectivity index (χ2n) is 8.18. The molecule has 0 bridgehead atoms. The molecule has 8 heteroatoms. The average molecular weight is 433 g/mol. The quantitative estimate of drug-likeness (QED) is 0.672. The van der Waals surface area contributed by atoms with Crippen molar-refractivity contribution in [1.82, 2.24) is 29.9 Å². The van der Waals surface area contributed by atoms with Crippen molar-refractivity contribution in [3.05, 3.63) is 66.6 Å². The Morgan fingerprint density at radius 1 is 1.06 bits per heavy atom. The molecule has 3 amide bonds. The monoisotopic (exact) mass is 432 g/mol. The van der Waals surface area contributed by atoms with Crippen molar-refractivity contribution in [2.45, 2.75) is 19.4 Å². The number of carbonyl (C=O) groups excluding carboxylic acids is 2. The molecule has 0 aliphatic carbocycles. The normalized spacial score (nSPS) is 14.2. The van der Waals surface area contributed by atoms with Gasteiger partial charge in [0.25, 0.3) is 0 Å². The Balaban J connectivity index is 1.45. The van der Waals surface area contributed by atoms with Gasteiger partial charge in [-0.05, 0) is 37.1 Å². The summed E-state index contributed by atoms with van der Waals surface area (Å²) in [4.78, 5) is 32.4. The van der Waals surface area contributed by atoms with Crippen molar-refractivity contribution < 1.29 is 9.59 Å². The van der Waals surface area contributed by atoms with Crippen molar-refractivity contribution in [1.29, 1.82) is 0 Å². The molecule has 3 heterocycles. The van der Waals surface area contributed by atoms with E-state index in [1.807, 2.05) is 53.3 Å². The van der Waals surface area contributed by atoms with E-state index in [2.05, 4.69) is 10.3 Å². The highest BCUT2D eigenvalue weighted by Gasteiger charge is 2.28. The zero-order chi connectivity index (χ0) is 22.5. The third-order valence-corrected chi connectivity index (χ3v) is 5.74. The number of aromatic nitrogens is 3. The number of urea groups is 1. The molecule has 0 spiro atoms. The molecule has 1 aliphatic rings. The summed E-state index contributed by atoms with van der Waals surface area (Å²) >= 11 is 0. The van der Waals surface area contributed by atoms with Crippen LogP contribution in [-0.4, -0.2) is 63.7 Å². The summed E-state index contributed by atoms with van der Waals surface area (Å²) in [5, 5.41) is 7.86. The van der Waals surface area contributed by atoms with Crippen LogP contribution in [0, 0.1) is 5.92 Å². The van der Waals surface area contributed by atoms with Crippen molar-refractivity contribution in [3.63, 3.8) is 0 Å². The first kappa shape index (κ1) is 21.5. The van der Waals surface area contributed by atoms with Gasteiger partial charge in [0.2, 0.25) is 5.91 Å². The lowest BCUT2D eigenvalue weighted by molar-refractivity contribution is -0.126. The van der Waals surface area contributed by atoms with E-state index in [1.54, 1.807) is 36.3 Å². The average Bonchev–Trinajstić information content (AvgIpc) is 3.27. The van der Waals surface area contributed by atoms with Crippen LogP contribution in [0.4, 0.5) is 4.79 Å². The lowest BCUT2D eigenvalue weighted by Crippen LogP contribution is -2.46. The Kier molecular flexibility index (Phi) is 6.49. The van der Waals surface area contributed by atoms with Crippen LogP contribution in [0.15, 0.2) is 61.1 Å². The standard InChI is InChI=1S/C24H28N6O2/c1-28(2)24(32)29-14-10-19(11-15-29)23(31)26-16-20-17-30(21-6-4-3-5-7-21)27-22(20)18-8-12-25-13-9-18/h3-9,12-13,17,19H,10-11,14-16H2,1-2H3,(H,26,31). The summed E-state index contributed by atoms with van der Waals surface area (Å²) in [5.41, 5.74) is 3.67. The first-order valence-corrected chi connectivity index (χ1v) is 10.8.